The van der Waals surface area contributed by atoms with Crippen LogP contribution in [0.25, 0.3) is 0 Å². The van der Waals surface area contributed by atoms with E-state index in [2.05, 4.69) is 20.7 Å². The van der Waals surface area contributed by atoms with Crippen molar-refractivity contribution >= 4 is 24.0 Å². The number of anilines is 1. The number of nitrogens with one attached hydrogen (secondary N) is 2. The summed E-state index contributed by atoms with van der Waals surface area (Å²) in [4.78, 5) is 45.0. The lowest BCUT2D eigenvalue weighted by Crippen LogP contribution is -2.51. The Morgan fingerprint density at radius 2 is 2.10 bits per heavy atom. The van der Waals surface area contributed by atoms with Gasteiger partial charge in [-0.3, -0.25) is 29.6 Å². The van der Waals surface area contributed by atoms with Crippen molar-refractivity contribution in [2.24, 2.45) is 11.8 Å². The van der Waals surface area contributed by atoms with Gasteiger partial charge in [0.2, 0.25) is 18.2 Å². The fourth-order valence-corrected chi connectivity index (χ4v) is 4.07. The van der Waals surface area contributed by atoms with Crippen LogP contribution in [-0.4, -0.2) is 62.6 Å². The first kappa shape index (κ1) is 21.1. The second-order valence-electron chi connectivity index (χ2n) is 7.76. The first-order chi connectivity index (χ1) is 14.0. The number of carbonyl (C=O) groups excluding carboxylic acids is 3. The molecule has 2 heterocycles. The zero-order valence-electron chi connectivity index (χ0n) is 16.6. The Morgan fingerprint density at radius 3 is 2.76 bits per heavy atom. The van der Waals surface area contributed by atoms with Gasteiger partial charge in [0.15, 0.2) is 5.82 Å². The highest BCUT2D eigenvalue weighted by atomic mass is 16.5. The molecule has 0 aromatic carbocycles. The van der Waals surface area contributed by atoms with Gasteiger partial charge >= 0.3 is 0 Å². The van der Waals surface area contributed by atoms with Crippen molar-refractivity contribution in [2.45, 2.75) is 51.5 Å². The summed E-state index contributed by atoms with van der Waals surface area (Å²) in [7, 11) is 0. The summed E-state index contributed by atoms with van der Waals surface area (Å²) in [5.41, 5.74) is 3.71. The number of amides is 3. The molecule has 0 unspecified atom stereocenters. The van der Waals surface area contributed by atoms with Crippen molar-refractivity contribution in [1.82, 2.24) is 25.5 Å². The first-order valence-electron chi connectivity index (χ1n) is 10.0. The molecule has 1 saturated carbocycles. The molecule has 1 saturated heterocycles. The van der Waals surface area contributed by atoms with Crippen molar-refractivity contribution < 1.29 is 19.6 Å². The molecule has 3 rings (SSSR count). The van der Waals surface area contributed by atoms with Crippen LogP contribution in [0, 0.1) is 18.8 Å². The summed E-state index contributed by atoms with van der Waals surface area (Å²) < 4.78 is 0. The van der Waals surface area contributed by atoms with Gasteiger partial charge in [-0.2, -0.15) is 0 Å². The van der Waals surface area contributed by atoms with E-state index in [1.165, 1.54) is 11.2 Å². The van der Waals surface area contributed by atoms with Gasteiger partial charge in [-0.05, 0) is 25.7 Å². The molecule has 10 nitrogen and oxygen atoms in total. The molecular formula is C19H28N6O4. The molecule has 2 fully saturated rings. The molecule has 1 aliphatic heterocycles. The van der Waals surface area contributed by atoms with E-state index in [9.17, 15) is 19.6 Å². The molecule has 0 bridgehead atoms. The zero-order chi connectivity index (χ0) is 20.8. The van der Waals surface area contributed by atoms with Gasteiger partial charge in [0.05, 0.1) is 30.6 Å². The minimum Gasteiger partial charge on any atom is -0.308 e. The highest BCUT2D eigenvalue weighted by Crippen LogP contribution is 2.31. The van der Waals surface area contributed by atoms with Gasteiger partial charge in [-0.1, -0.05) is 25.7 Å². The summed E-state index contributed by atoms with van der Waals surface area (Å²) in [6.45, 7) is 2.19. The summed E-state index contributed by atoms with van der Waals surface area (Å²) in [5.74, 6) is -0.497. The highest BCUT2D eigenvalue weighted by molar-refractivity contribution is 5.97. The van der Waals surface area contributed by atoms with E-state index >= 15 is 0 Å². The molecule has 1 aromatic rings. The molecule has 3 N–H and O–H groups in total. The smallest absolute Gasteiger partial charge is 0.250 e. The Hall–Kier alpha value is -2.59. The number of hydrogen-bond donors (Lipinski definition) is 3. The van der Waals surface area contributed by atoms with E-state index in [1.54, 1.807) is 13.1 Å². The molecule has 0 spiro atoms. The van der Waals surface area contributed by atoms with Crippen LogP contribution in [0.1, 0.15) is 44.2 Å². The summed E-state index contributed by atoms with van der Waals surface area (Å²) in [6.07, 6.45) is 8.71. The van der Waals surface area contributed by atoms with Crippen LogP contribution in [0.4, 0.5) is 5.82 Å². The molecule has 2 atom stereocenters. The van der Waals surface area contributed by atoms with Gasteiger partial charge < -0.3 is 5.32 Å². The summed E-state index contributed by atoms with van der Waals surface area (Å²) >= 11 is 0. The Labute approximate surface area is 169 Å². The predicted octanol–water partition coefficient (Wildman–Crippen LogP) is 0.873. The Kier molecular flexibility index (Phi) is 7.10. The Bertz CT molecular complexity index is 722. The standard InChI is InChI=1S/C19H28N6O4/c1-13-9-21-17(10-20-13)23-18(27)16-6-7-22-25(16)19(28)15(11-24(29)12-26)8-14-4-2-3-5-14/h9-10,12,14-16,22,29H,2-8,11H2,1H3,(H,21,23,27)/t15-,16+/m1/s1. The maximum Gasteiger partial charge on any atom is 0.250 e. The molecule has 3 amide bonds. The average Bonchev–Trinajstić information content (AvgIpc) is 3.40. The lowest BCUT2D eigenvalue weighted by Gasteiger charge is -2.29. The van der Waals surface area contributed by atoms with Crippen molar-refractivity contribution in [3.05, 3.63) is 18.1 Å². The van der Waals surface area contributed by atoms with E-state index in [0.29, 0.717) is 42.6 Å². The SMILES string of the molecule is Cc1cnc(NC(=O)[C@@H]2CCNN2C(=O)[C@H](CC2CCCC2)CN(O)C=O)cn1. The van der Waals surface area contributed by atoms with Crippen LogP contribution >= 0.6 is 0 Å². The van der Waals surface area contributed by atoms with Crippen molar-refractivity contribution in [2.75, 3.05) is 18.4 Å². The molecule has 158 valence electrons. The average molecular weight is 404 g/mol. The summed E-state index contributed by atoms with van der Waals surface area (Å²) in [5, 5.41) is 14.2. The molecule has 10 heteroatoms. The third-order valence-corrected chi connectivity index (χ3v) is 5.55. The number of hydrogen-bond acceptors (Lipinski definition) is 7. The van der Waals surface area contributed by atoms with Gasteiger partial charge in [-0.25, -0.2) is 15.5 Å². The maximum atomic E-state index is 13.2. The van der Waals surface area contributed by atoms with E-state index < -0.39 is 12.0 Å². The minimum absolute atomic E-state index is 0.0885. The van der Waals surface area contributed by atoms with Gasteiger partial charge in [-0.15, -0.1) is 0 Å². The van der Waals surface area contributed by atoms with Crippen molar-refractivity contribution in [3.8, 4) is 0 Å². The lowest BCUT2D eigenvalue weighted by atomic mass is 9.92. The molecule has 0 radical (unpaired) electrons. The molecule has 2 aliphatic rings. The number of hydroxylamine groups is 2. The van der Waals surface area contributed by atoms with Crippen LogP contribution < -0.4 is 10.7 Å². The third-order valence-electron chi connectivity index (χ3n) is 5.55. The van der Waals surface area contributed by atoms with E-state index in [-0.39, 0.29) is 18.4 Å². The van der Waals surface area contributed by atoms with Crippen LogP contribution in [0.2, 0.25) is 0 Å². The normalized spacial score (nSPS) is 20.5. The third kappa shape index (κ3) is 5.48. The molecule has 1 aliphatic carbocycles. The van der Waals surface area contributed by atoms with Crippen LogP contribution in [0.5, 0.6) is 0 Å². The zero-order valence-corrected chi connectivity index (χ0v) is 16.6. The van der Waals surface area contributed by atoms with Crippen LogP contribution in [0.15, 0.2) is 12.4 Å². The number of aryl methyl sites for hydroxylation is 1. The van der Waals surface area contributed by atoms with Crippen molar-refractivity contribution in [3.63, 3.8) is 0 Å². The number of rotatable bonds is 8. The van der Waals surface area contributed by atoms with Crippen molar-refractivity contribution in [1.29, 1.82) is 0 Å². The van der Waals surface area contributed by atoms with E-state index in [1.807, 2.05) is 0 Å². The van der Waals surface area contributed by atoms with E-state index in [0.717, 1.165) is 31.4 Å². The monoisotopic (exact) mass is 404 g/mol. The fourth-order valence-electron chi connectivity index (χ4n) is 4.07. The minimum atomic E-state index is -0.694. The second-order valence-corrected chi connectivity index (χ2v) is 7.76. The maximum absolute atomic E-state index is 13.2. The molecule has 1 aromatic heterocycles. The Balaban J connectivity index is 1.68. The highest BCUT2D eigenvalue weighted by Gasteiger charge is 2.39. The Morgan fingerprint density at radius 1 is 1.34 bits per heavy atom. The topological polar surface area (TPSA) is 128 Å². The lowest BCUT2D eigenvalue weighted by molar-refractivity contribution is -0.159. The molecule has 29 heavy (non-hydrogen) atoms. The van der Waals surface area contributed by atoms with Gasteiger partial charge in [0, 0.05) is 6.54 Å². The predicted molar refractivity (Wildman–Crippen MR) is 103 cm³/mol. The number of nitrogens with zero attached hydrogens (tertiary/aromatic N) is 4. The number of hydrazine groups is 1. The van der Waals surface area contributed by atoms with E-state index in [4.69, 9.17) is 0 Å². The number of aromatic nitrogens is 2. The van der Waals surface area contributed by atoms with Crippen LogP contribution in [0.3, 0.4) is 0 Å². The largest absolute Gasteiger partial charge is 0.308 e. The summed E-state index contributed by atoms with van der Waals surface area (Å²) in [6, 6.07) is -0.694. The van der Waals surface area contributed by atoms with Crippen LogP contribution in [-0.2, 0) is 14.4 Å². The number of carbonyl (C=O) groups is 3. The first-order valence-corrected chi connectivity index (χ1v) is 10.0. The van der Waals surface area contributed by atoms with Gasteiger partial charge in [0.25, 0.3) is 0 Å². The van der Waals surface area contributed by atoms with Gasteiger partial charge in [0.1, 0.15) is 6.04 Å². The second kappa shape index (κ2) is 9.75. The molecular weight excluding hydrogens is 376 g/mol. The fraction of sp³-hybridized carbons (Fsp3) is 0.632. The quantitative estimate of drug-likeness (QED) is 0.333.